The van der Waals surface area contributed by atoms with Crippen LogP contribution in [0.5, 0.6) is 11.5 Å². The van der Waals surface area contributed by atoms with Crippen molar-refractivity contribution >= 4 is 27.4 Å². The van der Waals surface area contributed by atoms with Gasteiger partial charge in [0, 0.05) is 22.4 Å². The van der Waals surface area contributed by atoms with Crippen LogP contribution in [0.2, 0.25) is 0 Å². The molecule has 1 aliphatic heterocycles. The van der Waals surface area contributed by atoms with Gasteiger partial charge in [-0.3, -0.25) is 0 Å². The summed E-state index contributed by atoms with van der Waals surface area (Å²) < 4.78 is 11.3. The van der Waals surface area contributed by atoms with Crippen LogP contribution in [-0.2, 0) is 0 Å². The SMILES string of the molecule is N#Cc1cc(Br)cnc1Nc1ccc2c(c1)OCO2. The van der Waals surface area contributed by atoms with Crippen molar-refractivity contribution in [3.05, 3.63) is 40.5 Å². The number of nitrogens with one attached hydrogen (secondary N) is 1. The normalized spacial score (nSPS) is 12.0. The number of fused-ring (bicyclic) bond motifs is 1. The lowest BCUT2D eigenvalue weighted by Crippen LogP contribution is -1.96. The molecule has 0 atom stereocenters. The van der Waals surface area contributed by atoms with E-state index in [1.165, 1.54) is 0 Å². The third-order valence-electron chi connectivity index (χ3n) is 2.61. The average molecular weight is 318 g/mol. The Kier molecular flexibility index (Phi) is 2.97. The highest BCUT2D eigenvalue weighted by atomic mass is 79.9. The van der Waals surface area contributed by atoms with E-state index in [0.717, 1.165) is 15.9 Å². The summed E-state index contributed by atoms with van der Waals surface area (Å²) in [5.41, 5.74) is 1.25. The van der Waals surface area contributed by atoms with Gasteiger partial charge in [0.05, 0.1) is 5.56 Å². The van der Waals surface area contributed by atoms with Crippen LogP contribution in [0.3, 0.4) is 0 Å². The number of hydrogen-bond donors (Lipinski definition) is 1. The maximum absolute atomic E-state index is 9.08. The van der Waals surface area contributed by atoms with Crippen molar-refractivity contribution in [3.8, 4) is 17.6 Å². The first-order chi connectivity index (χ1) is 9.26. The van der Waals surface area contributed by atoms with Crippen molar-refractivity contribution in [2.45, 2.75) is 0 Å². The Labute approximate surface area is 117 Å². The molecule has 3 rings (SSSR count). The Morgan fingerprint density at radius 1 is 1.26 bits per heavy atom. The third-order valence-corrected chi connectivity index (χ3v) is 3.04. The lowest BCUT2D eigenvalue weighted by Gasteiger charge is -2.08. The predicted molar refractivity (Wildman–Crippen MR) is 72.5 cm³/mol. The van der Waals surface area contributed by atoms with Crippen LogP contribution in [0, 0.1) is 11.3 Å². The third kappa shape index (κ3) is 2.33. The molecule has 0 amide bonds. The van der Waals surface area contributed by atoms with Crippen LogP contribution < -0.4 is 14.8 Å². The molecular formula is C13H8BrN3O2. The largest absolute Gasteiger partial charge is 0.454 e. The van der Waals surface area contributed by atoms with Crippen LogP contribution >= 0.6 is 15.9 Å². The van der Waals surface area contributed by atoms with E-state index < -0.39 is 0 Å². The van der Waals surface area contributed by atoms with Crippen LogP contribution in [-0.4, -0.2) is 11.8 Å². The zero-order valence-electron chi connectivity index (χ0n) is 9.68. The second kappa shape index (κ2) is 4.78. The topological polar surface area (TPSA) is 67.2 Å². The molecule has 0 saturated heterocycles. The Balaban J connectivity index is 1.92. The van der Waals surface area contributed by atoms with E-state index >= 15 is 0 Å². The van der Waals surface area contributed by atoms with Crippen molar-refractivity contribution in [3.63, 3.8) is 0 Å². The van der Waals surface area contributed by atoms with Gasteiger partial charge < -0.3 is 14.8 Å². The first-order valence-electron chi connectivity index (χ1n) is 5.48. The molecule has 0 fully saturated rings. The minimum Gasteiger partial charge on any atom is -0.454 e. The van der Waals surface area contributed by atoms with Gasteiger partial charge in [-0.25, -0.2) is 4.98 Å². The molecule has 2 heterocycles. The van der Waals surface area contributed by atoms with Gasteiger partial charge in [0.15, 0.2) is 11.5 Å². The summed E-state index contributed by atoms with van der Waals surface area (Å²) in [6, 6.07) is 9.28. The molecule has 0 bridgehead atoms. The highest BCUT2D eigenvalue weighted by Crippen LogP contribution is 2.35. The standard InChI is InChI=1S/C13H8BrN3O2/c14-9-3-8(5-15)13(16-6-9)17-10-1-2-11-12(4-10)19-7-18-11/h1-4,6H,7H2,(H,16,17). The molecule has 94 valence electrons. The Hall–Kier alpha value is -2.26. The molecule has 0 saturated carbocycles. The van der Waals surface area contributed by atoms with E-state index in [9.17, 15) is 0 Å². The molecule has 1 N–H and O–H groups in total. The second-order valence-electron chi connectivity index (χ2n) is 3.85. The summed E-state index contributed by atoms with van der Waals surface area (Å²) in [6.07, 6.45) is 1.64. The second-order valence-corrected chi connectivity index (χ2v) is 4.77. The maximum Gasteiger partial charge on any atom is 0.231 e. The number of nitriles is 1. The minimum atomic E-state index is 0.235. The number of nitrogens with zero attached hydrogens (tertiary/aromatic N) is 2. The molecule has 6 heteroatoms. The highest BCUT2D eigenvalue weighted by Gasteiger charge is 2.14. The van der Waals surface area contributed by atoms with Gasteiger partial charge in [-0.05, 0) is 34.1 Å². The number of aromatic nitrogens is 1. The van der Waals surface area contributed by atoms with Gasteiger partial charge in [-0.1, -0.05) is 0 Å². The van der Waals surface area contributed by atoms with Gasteiger partial charge in [0.1, 0.15) is 11.9 Å². The summed E-state index contributed by atoms with van der Waals surface area (Å²) in [6.45, 7) is 0.235. The molecule has 1 aromatic heterocycles. The van der Waals surface area contributed by atoms with Crippen LogP contribution in [0.25, 0.3) is 0 Å². The molecular weight excluding hydrogens is 310 g/mol. The quantitative estimate of drug-likeness (QED) is 0.921. The number of rotatable bonds is 2. The number of benzene rings is 1. The molecule has 0 spiro atoms. The van der Waals surface area contributed by atoms with Crippen molar-refractivity contribution in [2.75, 3.05) is 12.1 Å². The first kappa shape index (κ1) is 11.8. The number of halogens is 1. The van der Waals surface area contributed by atoms with Crippen LogP contribution in [0.4, 0.5) is 11.5 Å². The molecule has 19 heavy (non-hydrogen) atoms. The van der Waals surface area contributed by atoms with Gasteiger partial charge in [0.25, 0.3) is 0 Å². The minimum absolute atomic E-state index is 0.235. The number of pyridine rings is 1. The van der Waals surface area contributed by atoms with E-state index in [-0.39, 0.29) is 6.79 Å². The number of ether oxygens (including phenoxy) is 2. The van der Waals surface area contributed by atoms with E-state index in [4.69, 9.17) is 14.7 Å². The Morgan fingerprint density at radius 2 is 2.11 bits per heavy atom. The van der Waals surface area contributed by atoms with E-state index in [1.54, 1.807) is 12.3 Å². The smallest absolute Gasteiger partial charge is 0.231 e. The summed E-state index contributed by atoms with van der Waals surface area (Å²) in [5, 5.41) is 12.2. The molecule has 5 nitrogen and oxygen atoms in total. The summed E-state index contributed by atoms with van der Waals surface area (Å²) in [7, 11) is 0. The zero-order valence-corrected chi connectivity index (χ0v) is 11.3. The molecule has 0 aliphatic carbocycles. The van der Waals surface area contributed by atoms with Gasteiger partial charge >= 0.3 is 0 Å². The lowest BCUT2D eigenvalue weighted by molar-refractivity contribution is 0.174. The molecule has 1 aromatic carbocycles. The molecule has 1 aliphatic rings. The average Bonchev–Trinajstić information content (AvgIpc) is 2.88. The van der Waals surface area contributed by atoms with Gasteiger partial charge in [-0.15, -0.1) is 0 Å². The highest BCUT2D eigenvalue weighted by molar-refractivity contribution is 9.10. The molecule has 0 unspecified atom stereocenters. The summed E-state index contributed by atoms with van der Waals surface area (Å²) in [4.78, 5) is 4.19. The van der Waals surface area contributed by atoms with Gasteiger partial charge in [-0.2, -0.15) is 5.26 Å². The first-order valence-corrected chi connectivity index (χ1v) is 6.28. The van der Waals surface area contributed by atoms with E-state index in [0.29, 0.717) is 17.1 Å². The Morgan fingerprint density at radius 3 is 2.95 bits per heavy atom. The number of anilines is 2. The van der Waals surface area contributed by atoms with E-state index in [1.807, 2.05) is 18.2 Å². The molecule has 2 aromatic rings. The van der Waals surface area contributed by atoms with Crippen molar-refractivity contribution < 1.29 is 9.47 Å². The maximum atomic E-state index is 9.08. The lowest BCUT2D eigenvalue weighted by atomic mass is 10.2. The van der Waals surface area contributed by atoms with Crippen LogP contribution in [0.1, 0.15) is 5.56 Å². The summed E-state index contributed by atoms with van der Waals surface area (Å²) in [5.74, 6) is 1.90. The van der Waals surface area contributed by atoms with E-state index in [2.05, 4.69) is 32.3 Å². The Bertz CT molecular complexity index is 682. The monoisotopic (exact) mass is 317 g/mol. The van der Waals surface area contributed by atoms with Crippen molar-refractivity contribution in [2.24, 2.45) is 0 Å². The predicted octanol–water partition coefficient (Wildman–Crippen LogP) is 3.19. The fourth-order valence-electron chi connectivity index (χ4n) is 1.74. The van der Waals surface area contributed by atoms with Crippen molar-refractivity contribution in [1.29, 1.82) is 5.26 Å². The number of hydrogen-bond acceptors (Lipinski definition) is 5. The van der Waals surface area contributed by atoms with Gasteiger partial charge in [0.2, 0.25) is 6.79 Å². The zero-order chi connectivity index (χ0) is 13.2. The summed E-state index contributed by atoms with van der Waals surface area (Å²) >= 11 is 3.29. The fourth-order valence-corrected chi connectivity index (χ4v) is 2.07. The van der Waals surface area contributed by atoms with Crippen molar-refractivity contribution in [1.82, 2.24) is 4.98 Å². The van der Waals surface area contributed by atoms with Crippen LogP contribution in [0.15, 0.2) is 34.9 Å². The fraction of sp³-hybridized carbons (Fsp3) is 0.0769. The molecule has 0 radical (unpaired) electrons.